The zero-order valence-electron chi connectivity index (χ0n) is 15.1. The van der Waals surface area contributed by atoms with E-state index < -0.39 is 40.9 Å². The SMILES string of the molecule is O=C(NN=Cc1c(O)n(-c2ccccc2C(F)(F)F)c(=O)c2ccccc12)C(F)(F)F. The van der Waals surface area contributed by atoms with Gasteiger partial charge in [-0.25, -0.2) is 9.99 Å². The van der Waals surface area contributed by atoms with E-state index >= 15 is 0 Å². The highest BCUT2D eigenvalue weighted by atomic mass is 19.4. The third kappa shape index (κ3) is 4.22. The molecule has 3 aromatic rings. The molecule has 0 spiro atoms. The van der Waals surface area contributed by atoms with Gasteiger partial charge in [-0.2, -0.15) is 31.4 Å². The highest BCUT2D eigenvalue weighted by Crippen LogP contribution is 2.35. The van der Waals surface area contributed by atoms with Gasteiger partial charge in [0, 0.05) is 10.8 Å². The number of amides is 1. The first kappa shape index (κ1) is 21.9. The second kappa shape index (κ2) is 7.78. The molecule has 0 saturated heterocycles. The summed E-state index contributed by atoms with van der Waals surface area (Å²) in [6.45, 7) is 0. The first-order chi connectivity index (χ1) is 14.4. The van der Waals surface area contributed by atoms with E-state index in [2.05, 4.69) is 5.10 Å². The summed E-state index contributed by atoms with van der Waals surface area (Å²) in [5.41, 5.74) is -2.10. The molecule has 12 heteroatoms. The molecule has 3 rings (SSSR count). The van der Waals surface area contributed by atoms with Gasteiger partial charge in [-0.1, -0.05) is 30.3 Å². The number of pyridine rings is 1. The molecule has 2 aromatic carbocycles. The number of carbonyl (C=O) groups excluding carboxylic acids is 1. The Morgan fingerprint density at radius 1 is 0.968 bits per heavy atom. The van der Waals surface area contributed by atoms with Crippen LogP contribution in [0.25, 0.3) is 16.5 Å². The normalized spacial score (nSPS) is 12.5. The van der Waals surface area contributed by atoms with Crippen molar-refractivity contribution in [2.24, 2.45) is 5.10 Å². The maximum atomic E-state index is 13.4. The Kier molecular flexibility index (Phi) is 5.49. The Balaban J connectivity index is 2.27. The summed E-state index contributed by atoms with van der Waals surface area (Å²) in [5, 5.41) is 13.6. The Morgan fingerprint density at radius 3 is 2.16 bits per heavy atom. The molecule has 6 nitrogen and oxygen atoms in total. The van der Waals surface area contributed by atoms with E-state index in [4.69, 9.17) is 0 Å². The van der Waals surface area contributed by atoms with Crippen molar-refractivity contribution in [1.82, 2.24) is 9.99 Å². The van der Waals surface area contributed by atoms with Gasteiger partial charge in [-0.05, 0) is 18.2 Å². The van der Waals surface area contributed by atoms with Gasteiger partial charge >= 0.3 is 18.3 Å². The van der Waals surface area contributed by atoms with E-state index in [1.54, 1.807) is 0 Å². The monoisotopic (exact) mass is 443 g/mol. The van der Waals surface area contributed by atoms with Crippen molar-refractivity contribution >= 4 is 22.9 Å². The minimum atomic E-state index is -5.23. The van der Waals surface area contributed by atoms with Crippen LogP contribution in [0, 0.1) is 0 Å². The smallest absolute Gasteiger partial charge is 0.473 e. The molecule has 0 radical (unpaired) electrons. The molecular weight excluding hydrogens is 432 g/mol. The number of benzene rings is 2. The Labute approximate surface area is 169 Å². The van der Waals surface area contributed by atoms with E-state index in [-0.39, 0.29) is 16.3 Å². The molecule has 0 saturated carbocycles. The number of hydrazone groups is 1. The number of halogens is 6. The molecule has 31 heavy (non-hydrogen) atoms. The van der Waals surface area contributed by atoms with E-state index in [0.29, 0.717) is 16.8 Å². The van der Waals surface area contributed by atoms with Crippen LogP contribution in [-0.2, 0) is 11.0 Å². The summed E-state index contributed by atoms with van der Waals surface area (Å²) in [4.78, 5) is 23.8. The topological polar surface area (TPSA) is 83.7 Å². The lowest BCUT2D eigenvalue weighted by atomic mass is 10.1. The third-order valence-electron chi connectivity index (χ3n) is 4.17. The van der Waals surface area contributed by atoms with Gasteiger partial charge in [0.15, 0.2) is 0 Å². The number of hydrogen-bond donors (Lipinski definition) is 2. The fraction of sp³-hybridized carbons (Fsp3) is 0.105. The molecular formula is C19H11F6N3O3. The van der Waals surface area contributed by atoms with Crippen LogP contribution in [-0.4, -0.2) is 28.0 Å². The number of para-hydroxylation sites is 1. The van der Waals surface area contributed by atoms with Gasteiger partial charge in [-0.15, -0.1) is 0 Å². The zero-order chi connectivity index (χ0) is 23.0. The minimum absolute atomic E-state index is 0.00394. The number of nitrogens with zero attached hydrogens (tertiary/aromatic N) is 2. The van der Waals surface area contributed by atoms with Gasteiger partial charge in [0.25, 0.3) is 5.56 Å². The van der Waals surface area contributed by atoms with Crippen molar-refractivity contribution in [1.29, 1.82) is 0 Å². The van der Waals surface area contributed by atoms with Gasteiger partial charge < -0.3 is 5.11 Å². The highest BCUT2D eigenvalue weighted by Gasteiger charge is 2.38. The van der Waals surface area contributed by atoms with Crippen LogP contribution in [0.1, 0.15) is 11.1 Å². The molecule has 0 aliphatic heterocycles. The summed E-state index contributed by atoms with van der Waals surface area (Å²) >= 11 is 0. The van der Waals surface area contributed by atoms with Crippen LogP contribution >= 0.6 is 0 Å². The van der Waals surface area contributed by atoms with Crippen molar-refractivity contribution in [2.45, 2.75) is 12.4 Å². The molecule has 162 valence electrons. The first-order valence-electron chi connectivity index (χ1n) is 8.36. The number of alkyl halides is 6. The molecule has 1 amide bonds. The van der Waals surface area contributed by atoms with E-state index in [1.165, 1.54) is 35.8 Å². The van der Waals surface area contributed by atoms with Crippen LogP contribution in [0.4, 0.5) is 26.3 Å². The summed E-state index contributed by atoms with van der Waals surface area (Å²) in [6, 6.07) is 9.36. The zero-order valence-corrected chi connectivity index (χ0v) is 15.1. The number of fused-ring (bicyclic) bond motifs is 1. The van der Waals surface area contributed by atoms with Crippen LogP contribution in [0.5, 0.6) is 5.88 Å². The molecule has 0 atom stereocenters. The molecule has 0 aliphatic carbocycles. The fourth-order valence-electron chi connectivity index (χ4n) is 2.84. The second-order valence-electron chi connectivity index (χ2n) is 6.14. The second-order valence-corrected chi connectivity index (χ2v) is 6.14. The average molecular weight is 443 g/mol. The quantitative estimate of drug-likeness (QED) is 0.368. The lowest BCUT2D eigenvalue weighted by Gasteiger charge is -2.18. The number of carbonyl (C=O) groups is 1. The van der Waals surface area contributed by atoms with E-state index in [0.717, 1.165) is 12.1 Å². The van der Waals surface area contributed by atoms with Gasteiger partial charge in [0.1, 0.15) is 0 Å². The maximum Gasteiger partial charge on any atom is 0.473 e. The number of rotatable bonds is 3. The highest BCUT2D eigenvalue weighted by molar-refractivity contribution is 6.02. The van der Waals surface area contributed by atoms with E-state index in [1.807, 2.05) is 0 Å². The maximum absolute atomic E-state index is 13.4. The largest absolute Gasteiger partial charge is 0.494 e. The lowest BCUT2D eigenvalue weighted by Crippen LogP contribution is -2.33. The van der Waals surface area contributed by atoms with Crippen molar-refractivity contribution in [3.63, 3.8) is 0 Å². The molecule has 1 aromatic heterocycles. The number of aromatic hydroxyl groups is 1. The van der Waals surface area contributed by atoms with Crippen molar-refractivity contribution in [2.75, 3.05) is 0 Å². The predicted octanol–water partition coefficient (Wildman–Crippen LogP) is 3.73. The van der Waals surface area contributed by atoms with Gasteiger partial charge in [-0.3, -0.25) is 9.59 Å². The summed E-state index contributed by atoms with van der Waals surface area (Å²) in [5.74, 6) is -3.41. The molecule has 0 fully saturated rings. The van der Waals surface area contributed by atoms with Gasteiger partial charge in [0.05, 0.1) is 23.0 Å². The fourth-order valence-corrected chi connectivity index (χ4v) is 2.84. The molecule has 2 N–H and O–H groups in total. The number of hydrogen-bond acceptors (Lipinski definition) is 4. The Hall–Kier alpha value is -3.83. The van der Waals surface area contributed by atoms with Crippen molar-refractivity contribution < 1.29 is 36.2 Å². The molecule has 0 bridgehead atoms. The lowest BCUT2D eigenvalue weighted by molar-refractivity contribution is -0.173. The Morgan fingerprint density at radius 2 is 1.55 bits per heavy atom. The summed E-state index contributed by atoms with van der Waals surface area (Å²) in [7, 11) is 0. The number of nitrogens with one attached hydrogen (secondary N) is 1. The van der Waals surface area contributed by atoms with Crippen LogP contribution < -0.4 is 11.0 Å². The van der Waals surface area contributed by atoms with Crippen LogP contribution in [0.15, 0.2) is 58.4 Å². The number of aromatic nitrogens is 1. The van der Waals surface area contributed by atoms with Crippen molar-refractivity contribution in [3.05, 3.63) is 70.0 Å². The first-order valence-corrected chi connectivity index (χ1v) is 8.36. The third-order valence-corrected chi connectivity index (χ3v) is 4.17. The Bertz CT molecular complexity index is 1250. The van der Waals surface area contributed by atoms with Crippen molar-refractivity contribution in [3.8, 4) is 11.6 Å². The van der Waals surface area contributed by atoms with Gasteiger partial charge in [0.2, 0.25) is 5.88 Å². The van der Waals surface area contributed by atoms with Crippen LogP contribution in [0.2, 0.25) is 0 Å². The standard InChI is InChI=1S/C19H11F6N3O3/c20-18(21,22)13-7-3-4-8-14(13)28-15(29)11-6-2-1-5-10(11)12(16(28)30)9-26-27-17(31)19(23,24)25/h1-9,30H,(H,27,31). The summed E-state index contributed by atoms with van der Waals surface area (Å²) in [6.07, 6.45) is -9.50. The van der Waals surface area contributed by atoms with E-state index in [9.17, 15) is 41.0 Å². The minimum Gasteiger partial charge on any atom is -0.494 e. The van der Waals surface area contributed by atoms with Crippen LogP contribution in [0.3, 0.4) is 0 Å². The molecule has 0 aliphatic rings. The molecule has 1 heterocycles. The predicted molar refractivity (Wildman–Crippen MR) is 98.0 cm³/mol. The average Bonchev–Trinajstić information content (AvgIpc) is 2.69. The molecule has 0 unspecified atom stereocenters. The summed E-state index contributed by atoms with van der Waals surface area (Å²) < 4.78 is 77.6.